The van der Waals surface area contributed by atoms with E-state index in [4.69, 9.17) is 4.74 Å². The molecule has 1 heterocycles. The Bertz CT molecular complexity index is 554. The van der Waals surface area contributed by atoms with Crippen LogP contribution in [0.2, 0.25) is 0 Å². The van der Waals surface area contributed by atoms with Gasteiger partial charge in [0, 0.05) is 23.8 Å². The lowest BCUT2D eigenvalue weighted by molar-refractivity contribution is -0.124. The predicted molar refractivity (Wildman–Crippen MR) is 79.7 cm³/mol. The quantitative estimate of drug-likeness (QED) is 0.848. The Morgan fingerprint density at radius 3 is 2.90 bits per heavy atom. The van der Waals surface area contributed by atoms with E-state index in [2.05, 4.69) is 10.2 Å². The summed E-state index contributed by atoms with van der Waals surface area (Å²) in [5, 5.41) is 3.04. The van der Waals surface area contributed by atoms with Crippen molar-refractivity contribution in [3.8, 4) is 0 Å². The average molecular weight is 288 g/mol. The van der Waals surface area contributed by atoms with Gasteiger partial charge >= 0.3 is 0 Å². The minimum absolute atomic E-state index is 0.0364. The van der Waals surface area contributed by atoms with Gasteiger partial charge in [0.05, 0.1) is 13.2 Å². The summed E-state index contributed by atoms with van der Waals surface area (Å²) in [6, 6.07) is 5.73. The van der Waals surface area contributed by atoms with Crippen LogP contribution in [0.25, 0.3) is 0 Å². The van der Waals surface area contributed by atoms with Crippen LogP contribution >= 0.6 is 0 Å². The number of aldehydes is 1. The molecule has 0 radical (unpaired) electrons. The maximum Gasteiger partial charge on any atom is 0.245 e. The number of nitrogens with zero attached hydrogens (tertiary/aromatic N) is 1. The summed E-state index contributed by atoms with van der Waals surface area (Å²) >= 11 is 0. The molecule has 3 rings (SSSR count). The fraction of sp³-hybridized carbons (Fsp3) is 0.500. The van der Waals surface area contributed by atoms with Gasteiger partial charge in [-0.3, -0.25) is 9.59 Å². The van der Waals surface area contributed by atoms with E-state index in [0.717, 1.165) is 30.4 Å². The minimum atomic E-state index is -0.291. The molecule has 21 heavy (non-hydrogen) atoms. The van der Waals surface area contributed by atoms with Crippen LogP contribution in [0.1, 0.15) is 28.8 Å². The van der Waals surface area contributed by atoms with Crippen molar-refractivity contribution in [2.45, 2.75) is 31.8 Å². The van der Waals surface area contributed by atoms with E-state index in [9.17, 15) is 9.59 Å². The largest absolute Gasteiger partial charge is 0.377 e. The second kappa shape index (κ2) is 5.85. The van der Waals surface area contributed by atoms with Crippen LogP contribution < -0.4 is 10.2 Å². The van der Waals surface area contributed by atoms with Crippen LogP contribution in [0.15, 0.2) is 18.2 Å². The summed E-state index contributed by atoms with van der Waals surface area (Å²) in [6.07, 6.45) is 3.01. The first-order chi connectivity index (χ1) is 10.2. The lowest BCUT2D eigenvalue weighted by atomic mass is 10.1. The third-order valence-corrected chi connectivity index (χ3v) is 4.07. The van der Waals surface area contributed by atoms with E-state index < -0.39 is 0 Å². The van der Waals surface area contributed by atoms with Crippen LogP contribution in [0.4, 0.5) is 5.69 Å². The number of ether oxygens (including phenoxy) is 1. The fourth-order valence-electron chi connectivity index (χ4n) is 2.63. The van der Waals surface area contributed by atoms with Gasteiger partial charge in [-0.2, -0.15) is 0 Å². The van der Waals surface area contributed by atoms with Gasteiger partial charge in [-0.15, -0.1) is 0 Å². The van der Waals surface area contributed by atoms with Crippen LogP contribution in [-0.4, -0.2) is 44.0 Å². The summed E-state index contributed by atoms with van der Waals surface area (Å²) in [5.74, 6) is 0.0364. The highest BCUT2D eigenvalue weighted by molar-refractivity contribution is 5.86. The van der Waals surface area contributed by atoms with Crippen molar-refractivity contribution in [3.63, 3.8) is 0 Å². The van der Waals surface area contributed by atoms with Gasteiger partial charge in [0.15, 0.2) is 0 Å². The molecule has 0 bridgehead atoms. The molecule has 1 N–H and O–H groups in total. The Morgan fingerprint density at radius 2 is 2.24 bits per heavy atom. The number of nitrogens with one attached hydrogen (secondary N) is 1. The van der Waals surface area contributed by atoms with E-state index >= 15 is 0 Å². The highest BCUT2D eigenvalue weighted by Gasteiger charge is 2.33. The van der Waals surface area contributed by atoms with Crippen LogP contribution in [0.5, 0.6) is 0 Å². The molecule has 1 unspecified atom stereocenters. The zero-order chi connectivity index (χ0) is 14.8. The first-order valence-electron chi connectivity index (χ1n) is 7.39. The SMILES string of the molecule is Cc1cc(N2CCOCC2C(=O)NC2CC2)ccc1C=O. The molecule has 0 spiro atoms. The van der Waals surface area contributed by atoms with Crippen molar-refractivity contribution < 1.29 is 14.3 Å². The molecule has 1 aliphatic heterocycles. The molecular weight excluding hydrogens is 268 g/mol. The molecule has 1 aliphatic carbocycles. The Kier molecular flexibility index (Phi) is 3.92. The number of aryl methyl sites for hydroxylation is 1. The summed E-state index contributed by atoms with van der Waals surface area (Å²) < 4.78 is 5.47. The Balaban J connectivity index is 1.80. The van der Waals surface area contributed by atoms with E-state index in [1.807, 2.05) is 25.1 Å². The molecule has 112 valence electrons. The van der Waals surface area contributed by atoms with E-state index in [-0.39, 0.29) is 11.9 Å². The van der Waals surface area contributed by atoms with Gasteiger partial charge in [-0.25, -0.2) is 0 Å². The number of hydrogen-bond acceptors (Lipinski definition) is 4. The Morgan fingerprint density at radius 1 is 1.43 bits per heavy atom. The van der Waals surface area contributed by atoms with E-state index in [1.165, 1.54) is 0 Å². The topological polar surface area (TPSA) is 58.6 Å². The predicted octanol–water partition coefficient (Wildman–Crippen LogP) is 1.29. The smallest absolute Gasteiger partial charge is 0.245 e. The maximum absolute atomic E-state index is 12.4. The van der Waals surface area contributed by atoms with E-state index in [0.29, 0.717) is 31.4 Å². The first-order valence-corrected chi connectivity index (χ1v) is 7.39. The number of anilines is 1. The van der Waals surface area contributed by atoms with E-state index in [1.54, 1.807) is 0 Å². The summed E-state index contributed by atoms with van der Waals surface area (Å²) in [5.41, 5.74) is 2.58. The van der Waals surface area contributed by atoms with Gasteiger partial charge in [0.25, 0.3) is 0 Å². The van der Waals surface area contributed by atoms with Crippen LogP contribution in [0.3, 0.4) is 0 Å². The third kappa shape index (κ3) is 3.08. The number of carbonyl (C=O) groups excluding carboxylic acids is 2. The Labute approximate surface area is 124 Å². The van der Waals surface area contributed by atoms with Gasteiger partial charge in [0.1, 0.15) is 12.3 Å². The normalized spacial score (nSPS) is 22.0. The lowest BCUT2D eigenvalue weighted by Gasteiger charge is -2.36. The minimum Gasteiger partial charge on any atom is -0.377 e. The van der Waals surface area contributed by atoms with Crippen LogP contribution in [0, 0.1) is 6.92 Å². The number of carbonyl (C=O) groups is 2. The summed E-state index contributed by atoms with van der Waals surface area (Å²) in [7, 11) is 0. The first kappa shape index (κ1) is 14.1. The van der Waals surface area contributed by atoms with Crippen LogP contribution in [-0.2, 0) is 9.53 Å². The van der Waals surface area contributed by atoms with Gasteiger partial charge in [-0.05, 0) is 43.5 Å². The van der Waals surface area contributed by atoms with Gasteiger partial charge in [0.2, 0.25) is 5.91 Å². The number of morpholine rings is 1. The standard InChI is InChI=1S/C16H20N2O3/c1-11-8-14(5-2-12(11)9-19)18-6-7-21-10-15(18)16(20)17-13-3-4-13/h2,5,8-9,13,15H,3-4,6-7,10H2,1H3,(H,17,20). The molecule has 1 saturated carbocycles. The van der Waals surface area contributed by atoms with Crippen molar-refractivity contribution in [1.29, 1.82) is 0 Å². The number of hydrogen-bond donors (Lipinski definition) is 1. The van der Waals surface area contributed by atoms with Crippen molar-refractivity contribution >= 4 is 17.9 Å². The Hall–Kier alpha value is -1.88. The monoisotopic (exact) mass is 288 g/mol. The van der Waals surface area contributed by atoms with Crippen molar-refractivity contribution in [3.05, 3.63) is 29.3 Å². The molecular formula is C16H20N2O3. The molecule has 2 aliphatic rings. The van der Waals surface area contributed by atoms with Crippen molar-refractivity contribution in [2.24, 2.45) is 0 Å². The maximum atomic E-state index is 12.4. The molecule has 1 aromatic carbocycles. The highest BCUT2D eigenvalue weighted by atomic mass is 16.5. The highest BCUT2D eigenvalue weighted by Crippen LogP contribution is 2.24. The molecule has 2 fully saturated rings. The number of amides is 1. The second-order valence-corrected chi connectivity index (χ2v) is 5.73. The molecule has 5 heteroatoms. The van der Waals surface area contributed by atoms with Crippen molar-refractivity contribution in [1.82, 2.24) is 5.32 Å². The molecule has 1 saturated heterocycles. The van der Waals surface area contributed by atoms with Crippen molar-refractivity contribution in [2.75, 3.05) is 24.7 Å². The molecule has 5 nitrogen and oxygen atoms in total. The fourth-order valence-corrected chi connectivity index (χ4v) is 2.63. The third-order valence-electron chi connectivity index (χ3n) is 4.07. The van der Waals surface area contributed by atoms with Gasteiger partial charge < -0.3 is 15.0 Å². The lowest BCUT2D eigenvalue weighted by Crippen LogP contribution is -2.54. The molecule has 0 aromatic heterocycles. The summed E-state index contributed by atoms with van der Waals surface area (Å²) in [4.78, 5) is 25.3. The average Bonchev–Trinajstić information content (AvgIpc) is 3.31. The zero-order valence-corrected chi connectivity index (χ0v) is 12.2. The number of rotatable bonds is 4. The zero-order valence-electron chi connectivity index (χ0n) is 12.2. The number of benzene rings is 1. The van der Waals surface area contributed by atoms with Gasteiger partial charge in [-0.1, -0.05) is 0 Å². The molecule has 1 atom stereocenters. The molecule has 1 amide bonds. The summed E-state index contributed by atoms with van der Waals surface area (Å²) in [6.45, 7) is 3.62. The second-order valence-electron chi connectivity index (χ2n) is 5.73. The molecule has 1 aromatic rings.